The van der Waals surface area contributed by atoms with E-state index in [4.69, 9.17) is 14.2 Å². The summed E-state index contributed by atoms with van der Waals surface area (Å²) in [5.74, 6) is 0.130. The topological polar surface area (TPSA) is 85.9 Å². The van der Waals surface area contributed by atoms with Crippen molar-refractivity contribution in [2.45, 2.75) is 0 Å². The van der Waals surface area contributed by atoms with Gasteiger partial charge < -0.3 is 24.8 Å². The molecule has 7 heteroatoms. The van der Waals surface area contributed by atoms with Crippen LogP contribution in [0.25, 0.3) is 0 Å². The molecule has 0 aromatic heterocycles. The van der Waals surface area contributed by atoms with Crippen LogP contribution in [0.3, 0.4) is 0 Å². The maximum Gasteiger partial charge on any atom is 0.344 e. The molecule has 7 nitrogen and oxygen atoms in total. The average Bonchev–Trinajstić information content (AvgIpc) is 2.78. The Kier molecular flexibility index (Phi) is 7.27. The number of hydrogen-bond acceptors (Lipinski definition) is 6. The molecular formula is C23H22N2O5. The Labute approximate surface area is 174 Å². The molecule has 0 bridgehead atoms. The lowest BCUT2D eigenvalue weighted by Gasteiger charge is -2.09. The van der Waals surface area contributed by atoms with Crippen LogP contribution in [-0.4, -0.2) is 32.2 Å². The van der Waals surface area contributed by atoms with Crippen LogP contribution in [0.4, 0.5) is 17.1 Å². The van der Waals surface area contributed by atoms with E-state index < -0.39 is 18.5 Å². The molecule has 0 saturated carbocycles. The third-order valence-electron chi connectivity index (χ3n) is 4.01. The van der Waals surface area contributed by atoms with Gasteiger partial charge in [0.2, 0.25) is 0 Å². The monoisotopic (exact) mass is 406 g/mol. The number of carbonyl (C=O) groups excluding carboxylic acids is 2. The molecule has 0 saturated heterocycles. The van der Waals surface area contributed by atoms with E-state index in [1.54, 1.807) is 43.5 Å². The number of anilines is 3. The fourth-order valence-electron chi connectivity index (χ4n) is 2.52. The lowest BCUT2D eigenvalue weighted by atomic mass is 10.2. The highest BCUT2D eigenvalue weighted by molar-refractivity contribution is 5.92. The van der Waals surface area contributed by atoms with Crippen molar-refractivity contribution in [3.05, 3.63) is 78.9 Å². The minimum absolute atomic E-state index is 0.290. The van der Waals surface area contributed by atoms with E-state index in [1.807, 2.05) is 42.5 Å². The summed E-state index contributed by atoms with van der Waals surface area (Å²) in [7, 11) is 1.56. The molecular weight excluding hydrogens is 384 g/mol. The van der Waals surface area contributed by atoms with Crippen LogP contribution in [0, 0.1) is 0 Å². The number of esters is 1. The molecule has 0 aliphatic heterocycles. The third-order valence-corrected chi connectivity index (χ3v) is 4.01. The fraction of sp³-hybridized carbons (Fsp3) is 0.130. The predicted molar refractivity (Wildman–Crippen MR) is 114 cm³/mol. The van der Waals surface area contributed by atoms with Gasteiger partial charge in [0.15, 0.2) is 13.2 Å². The first-order valence-corrected chi connectivity index (χ1v) is 9.27. The zero-order chi connectivity index (χ0) is 21.2. The van der Waals surface area contributed by atoms with Gasteiger partial charge in [-0.2, -0.15) is 0 Å². The number of para-hydroxylation sites is 1. The Morgan fingerprint density at radius 1 is 0.733 bits per heavy atom. The molecule has 0 heterocycles. The zero-order valence-electron chi connectivity index (χ0n) is 16.5. The quantitative estimate of drug-likeness (QED) is 0.523. The highest BCUT2D eigenvalue weighted by atomic mass is 16.6. The number of hydrogen-bond donors (Lipinski definition) is 2. The van der Waals surface area contributed by atoms with Crippen LogP contribution in [0.1, 0.15) is 0 Å². The van der Waals surface area contributed by atoms with Gasteiger partial charge in [-0.3, -0.25) is 4.79 Å². The van der Waals surface area contributed by atoms with Gasteiger partial charge in [-0.15, -0.1) is 0 Å². The first kappa shape index (κ1) is 20.7. The van der Waals surface area contributed by atoms with Crippen molar-refractivity contribution in [1.82, 2.24) is 0 Å². The molecule has 0 fully saturated rings. The van der Waals surface area contributed by atoms with Crippen LogP contribution in [0.15, 0.2) is 78.9 Å². The number of nitrogens with one attached hydrogen (secondary N) is 2. The molecule has 0 spiro atoms. The second kappa shape index (κ2) is 10.5. The minimum atomic E-state index is -0.633. The van der Waals surface area contributed by atoms with Crippen LogP contribution in [0.5, 0.6) is 11.5 Å². The number of benzene rings is 3. The molecule has 3 rings (SSSR count). The molecule has 154 valence electrons. The Bertz CT molecular complexity index is 957. The van der Waals surface area contributed by atoms with Gasteiger partial charge in [-0.1, -0.05) is 18.2 Å². The lowest BCUT2D eigenvalue weighted by Crippen LogP contribution is -2.23. The van der Waals surface area contributed by atoms with E-state index >= 15 is 0 Å². The number of ether oxygens (including phenoxy) is 3. The summed E-state index contributed by atoms with van der Waals surface area (Å²) in [6.07, 6.45) is 0. The standard InChI is InChI=1S/C23H22N2O5/c1-28-20-11-7-19(8-12-20)25-22(26)15-30-23(27)16-29-21-13-9-18(10-14-21)24-17-5-3-2-4-6-17/h2-14,24H,15-16H2,1H3,(H,25,26). The summed E-state index contributed by atoms with van der Waals surface area (Å²) in [6.45, 7) is -0.685. The second-order valence-electron chi connectivity index (χ2n) is 6.24. The Balaban J connectivity index is 1.38. The van der Waals surface area contributed by atoms with Crippen LogP contribution in [-0.2, 0) is 14.3 Å². The molecule has 3 aromatic carbocycles. The van der Waals surface area contributed by atoms with Crippen molar-refractivity contribution < 1.29 is 23.8 Å². The number of rotatable bonds is 9. The van der Waals surface area contributed by atoms with Crippen molar-refractivity contribution in [2.24, 2.45) is 0 Å². The molecule has 30 heavy (non-hydrogen) atoms. The Morgan fingerprint density at radius 3 is 2.00 bits per heavy atom. The van der Waals surface area contributed by atoms with Gasteiger partial charge in [-0.25, -0.2) is 4.79 Å². The molecule has 0 aliphatic carbocycles. The van der Waals surface area contributed by atoms with Crippen molar-refractivity contribution in [1.29, 1.82) is 0 Å². The summed E-state index contributed by atoms with van der Waals surface area (Å²) >= 11 is 0. The van der Waals surface area contributed by atoms with E-state index in [0.717, 1.165) is 11.4 Å². The largest absolute Gasteiger partial charge is 0.497 e. The summed E-state index contributed by atoms with van der Waals surface area (Å²) in [5.41, 5.74) is 2.45. The summed E-state index contributed by atoms with van der Waals surface area (Å²) < 4.78 is 15.4. The van der Waals surface area contributed by atoms with E-state index in [-0.39, 0.29) is 6.61 Å². The lowest BCUT2D eigenvalue weighted by molar-refractivity contribution is -0.149. The van der Waals surface area contributed by atoms with Crippen LogP contribution < -0.4 is 20.1 Å². The van der Waals surface area contributed by atoms with E-state index in [1.165, 1.54) is 0 Å². The van der Waals surface area contributed by atoms with Gasteiger partial charge in [0, 0.05) is 17.1 Å². The smallest absolute Gasteiger partial charge is 0.344 e. The Morgan fingerprint density at radius 2 is 1.33 bits per heavy atom. The third kappa shape index (κ3) is 6.56. The van der Waals surface area contributed by atoms with Gasteiger partial charge in [-0.05, 0) is 60.7 Å². The average molecular weight is 406 g/mol. The van der Waals surface area contributed by atoms with Crippen molar-refractivity contribution >= 4 is 28.9 Å². The normalized spacial score (nSPS) is 10.0. The van der Waals surface area contributed by atoms with Gasteiger partial charge in [0.25, 0.3) is 5.91 Å². The summed E-state index contributed by atoms with van der Waals surface area (Å²) in [6, 6.07) is 23.8. The molecule has 0 radical (unpaired) electrons. The van der Waals surface area contributed by atoms with Crippen LogP contribution >= 0.6 is 0 Å². The van der Waals surface area contributed by atoms with Gasteiger partial charge >= 0.3 is 5.97 Å². The summed E-state index contributed by atoms with van der Waals surface area (Å²) in [4.78, 5) is 23.7. The first-order valence-electron chi connectivity index (χ1n) is 9.27. The van der Waals surface area contributed by atoms with Crippen molar-refractivity contribution in [3.8, 4) is 11.5 Å². The number of carbonyl (C=O) groups is 2. The van der Waals surface area contributed by atoms with E-state index in [0.29, 0.717) is 17.2 Å². The SMILES string of the molecule is COc1ccc(NC(=O)COC(=O)COc2ccc(Nc3ccccc3)cc2)cc1. The zero-order valence-corrected chi connectivity index (χ0v) is 16.5. The maximum absolute atomic E-state index is 11.9. The highest BCUT2D eigenvalue weighted by Crippen LogP contribution is 2.20. The predicted octanol–water partition coefficient (Wildman–Crippen LogP) is 4.00. The first-order chi connectivity index (χ1) is 14.6. The molecule has 1 amide bonds. The summed E-state index contributed by atoms with van der Waals surface area (Å²) in [5, 5.41) is 5.89. The van der Waals surface area contributed by atoms with Gasteiger partial charge in [0.05, 0.1) is 7.11 Å². The van der Waals surface area contributed by atoms with Gasteiger partial charge in [0.1, 0.15) is 11.5 Å². The molecule has 0 unspecified atom stereocenters. The molecule has 3 aromatic rings. The molecule has 2 N–H and O–H groups in total. The molecule has 0 atom stereocenters. The van der Waals surface area contributed by atoms with Crippen molar-refractivity contribution in [2.75, 3.05) is 31.0 Å². The number of methoxy groups -OCH3 is 1. The molecule has 0 aliphatic rings. The number of amides is 1. The maximum atomic E-state index is 11.9. The van der Waals surface area contributed by atoms with E-state index in [2.05, 4.69) is 10.6 Å². The Hall–Kier alpha value is -4.00. The van der Waals surface area contributed by atoms with E-state index in [9.17, 15) is 9.59 Å². The van der Waals surface area contributed by atoms with Crippen molar-refractivity contribution in [3.63, 3.8) is 0 Å². The highest BCUT2D eigenvalue weighted by Gasteiger charge is 2.09. The minimum Gasteiger partial charge on any atom is -0.497 e. The fourth-order valence-corrected chi connectivity index (χ4v) is 2.52. The van der Waals surface area contributed by atoms with Crippen LogP contribution in [0.2, 0.25) is 0 Å². The second-order valence-corrected chi connectivity index (χ2v) is 6.24.